The molecule has 139 heavy (non-hydrogen) atoms. The molecule has 0 aliphatic carbocycles. The van der Waals surface area contributed by atoms with Crippen molar-refractivity contribution >= 4 is 112 Å². The molecule has 15 heterocycles. The molecule has 3 amide bonds. The van der Waals surface area contributed by atoms with Gasteiger partial charge < -0.3 is 40.7 Å². The van der Waals surface area contributed by atoms with Crippen LogP contribution in [0.2, 0.25) is 0 Å². The van der Waals surface area contributed by atoms with Gasteiger partial charge in [-0.25, -0.2) is 44.1 Å². The Bertz CT molecular complexity index is 6400. The SMILES string of the molecule is CC(C)(C)/C=C/c1ccnc(C2CC[C@@H]3CN(c4nc(C(C)(C)C)ccc4C(=O)NS(=O)(=O)c4cccc(n4)N2)C(C)(C)C3)c1.CC(C)(C)C=CB(O)O.CC(C)(C)CCc1ccnc(C2CC[C@@H]3CN(c4nc(C(C)(C)C)ccc4C(=O)NS(=O)(=O)c4cccc(n4)N2)C(C)(C)C3)c1.CC(C)(C)c1ccc2c(n1)N1C[C@@H](CCC(c3cc(Br)ccn3)Nc3cccc(n3)S(=O)(=O)NC2=O)CC1(C)C. The van der Waals surface area contributed by atoms with E-state index in [0.29, 0.717) is 72.3 Å². The first-order valence-corrected chi connectivity index (χ1v) is 53.3. The molecule has 0 spiro atoms. The predicted octanol–water partition coefficient (Wildman–Crippen LogP) is 19.9. The summed E-state index contributed by atoms with van der Waals surface area (Å²) in [5, 5.41) is 26.4. The van der Waals surface area contributed by atoms with Crippen molar-refractivity contribution in [1.29, 1.82) is 0 Å². The van der Waals surface area contributed by atoms with Crippen molar-refractivity contribution < 1.29 is 49.7 Å². The first-order chi connectivity index (χ1) is 64.5. The van der Waals surface area contributed by atoms with Crippen LogP contribution >= 0.6 is 15.9 Å². The molecule has 0 saturated carbocycles. The molecule has 15 rings (SSSR count). The van der Waals surface area contributed by atoms with Gasteiger partial charge in [-0.15, -0.1) is 0 Å². The first-order valence-electron chi connectivity index (χ1n) is 48.0. The molecule has 0 radical (unpaired) electrons. The normalized spacial score (nSPS) is 21.3. The summed E-state index contributed by atoms with van der Waals surface area (Å²) >= 11 is 3.54. The Balaban J connectivity index is 0.000000179. The average molecular weight is 2020 g/mol. The van der Waals surface area contributed by atoms with E-state index in [1.165, 1.54) is 29.7 Å². The van der Waals surface area contributed by atoms with Crippen LogP contribution < -0.4 is 44.8 Å². The first kappa shape index (κ1) is 107. The highest BCUT2D eigenvalue weighted by Gasteiger charge is 2.46. The number of pyridine rings is 9. The highest BCUT2D eigenvalue weighted by atomic mass is 79.9. The standard InChI is InChI=1S/C35H48N6O3S.C35H46N6O3S.C29H35BrN6O3S.C6H13BO2/c2*1-33(2,3)18-16-23-17-19-36-27(20-23)26-14-12-24-21-35(7,8)41(22-24)31-25(13-15-28(38-31)34(4,5)6)32(42)40-45(43,44)30-11-9-10-29(37-26)39-30;1-28(2,3)23-12-10-20-26(33-23)36-17-18(16-29(36,4)5)9-11-21(22-15-19(30)13-14-31-22)32-24-7-6-8-25(34-24)40(38,39)35-27(20)37;1-6(2,3)4-5-7(8)9/h9-11,13,15,17,19-20,24,26H,12,14,16,18,21-22H2,1-8H3,(H,37,39)(H,40,42);9-11,13,15-20,24,26H,12,14,21-22H2,1-8H3,(H,37,39)(H,40,42);6-8,10,12-15,18,21H,9,11,16-17H2,1-5H3,(H,32,34)(H,35,37);4-5,8-9H,1-3H3/b;18-16+;;/t2*24-,26?;18-,21?;/m000./s1. The average Bonchev–Trinajstić information content (AvgIpc) is 1.63. The second-order valence-electron chi connectivity index (χ2n) is 46.0. The third-order valence-electron chi connectivity index (χ3n) is 25.7. The molecular weight excluding hydrogens is 1880 g/mol. The zero-order valence-corrected chi connectivity index (χ0v) is 89.2. The second-order valence-corrected chi connectivity index (χ2v) is 51.8. The smallest absolute Gasteiger partial charge is 0.424 e. The predicted molar refractivity (Wildman–Crippen MR) is 556 cm³/mol. The lowest BCUT2D eigenvalue weighted by Crippen LogP contribution is -2.41. The van der Waals surface area contributed by atoms with E-state index in [1.807, 2.05) is 63.5 Å². The lowest BCUT2D eigenvalue weighted by Gasteiger charge is -2.34. The van der Waals surface area contributed by atoms with Crippen LogP contribution in [0.1, 0.15) is 325 Å². The second kappa shape index (κ2) is 41.9. The van der Waals surface area contributed by atoms with E-state index in [-0.39, 0.29) is 99.0 Å². The van der Waals surface area contributed by atoms with Crippen molar-refractivity contribution in [1.82, 2.24) is 59.0 Å². The van der Waals surface area contributed by atoms with Crippen LogP contribution in [0.5, 0.6) is 0 Å². The van der Waals surface area contributed by atoms with Gasteiger partial charge in [0.15, 0.2) is 15.1 Å². The van der Waals surface area contributed by atoms with Crippen LogP contribution in [0.25, 0.3) is 6.08 Å². The minimum atomic E-state index is -4.28. The topological polar surface area (TPSA) is 392 Å². The van der Waals surface area contributed by atoms with E-state index in [2.05, 4.69) is 256 Å². The van der Waals surface area contributed by atoms with E-state index in [0.717, 1.165) is 115 Å². The summed E-state index contributed by atoms with van der Waals surface area (Å²) in [7, 11) is -14.1. The van der Waals surface area contributed by atoms with E-state index in [4.69, 9.17) is 35.0 Å². The number of hydrogen-bond acceptors (Lipinski definition) is 26. The minimum Gasteiger partial charge on any atom is -0.424 e. The van der Waals surface area contributed by atoms with E-state index in [9.17, 15) is 39.6 Å². The van der Waals surface area contributed by atoms with Gasteiger partial charge >= 0.3 is 7.12 Å². The van der Waals surface area contributed by atoms with Gasteiger partial charge in [0.25, 0.3) is 47.8 Å². The Morgan fingerprint density at radius 2 is 0.748 bits per heavy atom. The Hall–Kier alpha value is -10.6. The Kier molecular flexibility index (Phi) is 32.3. The number of carbonyl (C=O) groups is 3. The molecule has 3 unspecified atom stereocenters. The molecule has 12 bridgehead atoms. The van der Waals surface area contributed by atoms with Crippen LogP contribution in [-0.4, -0.2) is 141 Å². The van der Waals surface area contributed by atoms with Gasteiger partial charge in [-0.1, -0.05) is 183 Å². The molecule has 8 N–H and O–H groups in total. The number of nitrogens with one attached hydrogen (secondary N) is 6. The molecule has 6 aliphatic rings. The number of aromatic nitrogens is 9. The van der Waals surface area contributed by atoms with Gasteiger partial charge in [0.1, 0.15) is 34.9 Å². The van der Waals surface area contributed by atoms with Crippen LogP contribution in [0, 0.1) is 34.0 Å². The Labute approximate surface area is 832 Å². The zero-order chi connectivity index (χ0) is 102. The van der Waals surface area contributed by atoms with Gasteiger partial charge in [0, 0.05) is 92.6 Å². The number of amides is 3. The van der Waals surface area contributed by atoms with Crippen molar-refractivity contribution in [3.8, 4) is 0 Å². The van der Waals surface area contributed by atoms with Crippen LogP contribution in [0.15, 0.2) is 184 Å². The number of aryl methyl sites for hydroxylation is 1. The Morgan fingerprint density at radius 1 is 0.417 bits per heavy atom. The highest BCUT2D eigenvalue weighted by molar-refractivity contribution is 9.10. The number of fused-ring (bicyclic) bond motifs is 18. The van der Waals surface area contributed by atoms with Gasteiger partial charge in [0.05, 0.1) is 51.9 Å². The number of hydrogen-bond donors (Lipinski definition) is 8. The molecule has 6 aliphatic heterocycles. The van der Waals surface area contributed by atoms with Crippen molar-refractivity contribution in [2.75, 3.05) is 50.3 Å². The van der Waals surface area contributed by atoms with Crippen molar-refractivity contribution in [2.24, 2.45) is 34.0 Å². The van der Waals surface area contributed by atoms with Crippen LogP contribution in [-0.2, 0) is 52.7 Å². The molecule has 6 atom stereocenters. The number of sulfonamides is 3. The molecule has 34 heteroatoms. The van der Waals surface area contributed by atoms with Crippen molar-refractivity contribution in [2.45, 2.75) is 303 Å². The fraction of sp³-hybridized carbons (Fsp3) is 0.505. The Morgan fingerprint density at radius 3 is 1.06 bits per heavy atom. The van der Waals surface area contributed by atoms with Crippen molar-refractivity contribution in [3.05, 3.63) is 231 Å². The highest BCUT2D eigenvalue weighted by Crippen LogP contribution is 2.47. The molecule has 9 aromatic rings. The number of carbonyl (C=O) groups excluding carboxylic acids is 3. The maximum Gasteiger partial charge on any atom is 0.480 e. The lowest BCUT2D eigenvalue weighted by atomic mass is 9.85. The summed E-state index contributed by atoms with van der Waals surface area (Å²) in [5.41, 5.74) is 6.70. The number of rotatable bonds is 7. The third-order valence-corrected chi connectivity index (χ3v) is 29.9. The van der Waals surface area contributed by atoms with E-state index < -0.39 is 54.9 Å². The molecule has 746 valence electrons. The van der Waals surface area contributed by atoms with Gasteiger partial charge in [-0.05, 0) is 266 Å². The number of allylic oxidation sites excluding steroid dienone is 2. The summed E-state index contributed by atoms with van der Waals surface area (Å²) in [4.78, 5) is 89.8. The summed E-state index contributed by atoms with van der Waals surface area (Å²) in [6, 6.07) is 36.3. The summed E-state index contributed by atoms with van der Waals surface area (Å²) in [5.74, 6) is 2.89. The molecular formula is C105H142BBrN18O11S3. The third kappa shape index (κ3) is 28.4. The molecule has 29 nitrogen and oxygen atoms in total. The summed E-state index contributed by atoms with van der Waals surface area (Å²) < 4.78 is 88.5. The van der Waals surface area contributed by atoms with Gasteiger partial charge in [-0.3, -0.25) is 29.3 Å². The fourth-order valence-corrected chi connectivity index (χ4v) is 21.5. The monoisotopic (exact) mass is 2020 g/mol. The fourth-order valence-electron chi connectivity index (χ4n) is 18.3. The molecule has 0 aromatic carbocycles. The molecule has 3 fully saturated rings. The quantitative estimate of drug-likeness (QED) is 0.0687. The van der Waals surface area contributed by atoms with Gasteiger partial charge in [0.2, 0.25) is 0 Å². The van der Waals surface area contributed by atoms with Crippen LogP contribution in [0.4, 0.5) is 34.9 Å². The summed E-state index contributed by atoms with van der Waals surface area (Å²) in [6.07, 6.45) is 21.2. The maximum atomic E-state index is 13.7. The minimum absolute atomic E-state index is 0.0315. The molecule has 9 aromatic heterocycles. The van der Waals surface area contributed by atoms with Crippen molar-refractivity contribution in [3.63, 3.8) is 0 Å². The number of halogens is 1. The molecule has 3 saturated heterocycles. The number of nitrogens with zero attached hydrogens (tertiary/aromatic N) is 12. The zero-order valence-electron chi connectivity index (χ0n) is 85.1. The number of anilines is 6. The summed E-state index contributed by atoms with van der Waals surface area (Å²) in [6.45, 7) is 52.9. The van der Waals surface area contributed by atoms with Crippen LogP contribution in [0.3, 0.4) is 0 Å². The maximum absolute atomic E-state index is 13.7. The largest absolute Gasteiger partial charge is 0.480 e. The van der Waals surface area contributed by atoms with Gasteiger partial charge in [-0.2, -0.15) is 25.3 Å². The van der Waals surface area contributed by atoms with E-state index >= 15 is 0 Å². The van der Waals surface area contributed by atoms with E-state index in [1.54, 1.807) is 72.9 Å². The lowest BCUT2D eigenvalue weighted by molar-refractivity contribution is 0.0972.